The summed E-state index contributed by atoms with van der Waals surface area (Å²) < 4.78 is 5.09. The van der Waals surface area contributed by atoms with Crippen molar-refractivity contribution in [1.82, 2.24) is 5.32 Å². The molecule has 1 atom stereocenters. The second kappa shape index (κ2) is 3.54. The van der Waals surface area contributed by atoms with Gasteiger partial charge in [-0.05, 0) is 13.0 Å². The highest BCUT2D eigenvalue weighted by atomic mass is 16.5. The molecule has 0 aromatic rings. The first-order valence-electron chi connectivity index (χ1n) is 3.44. The molecule has 1 aliphatic rings. The van der Waals surface area contributed by atoms with Crippen molar-refractivity contribution in [2.45, 2.75) is 13.2 Å². The molecule has 0 aromatic heterocycles. The number of hydrogen-bond acceptors (Lipinski definition) is 2. The Bertz CT molecular complexity index is 161. The highest BCUT2D eigenvalue weighted by Gasteiger charge is 2.01. The molecule has 1 heterocycles. The summed E-state index contributed by atoms with van der Waals surface area (Å²) in [4.78, 5) is 0. The first-order valence-corrected chi connectivity index (χ1v) is 3.44. The van der Waals surface area contributed by atoms with Gasteiger partial charge in [0.2, 0.25) is 0 Å². The Labute approximate surface area is 61.6 Å². The van der Waals surface area contributed by atoms with Crippen molar-refractivity contribution < 1.29 is 4.74 Å². The molecular weight excluding hydrogens is 126 g/mol. The van der Waals surface area contributed by atoms with Gasteiger partial charge in [-0.2, -0.15) is 0 Å². The monoisotopic (exact) mass is 139 g/mol. The van der Waals surface area contributed by atoms with E-state index in [1.807, 2.05) is 6.08 Å². The zero-order chi connectivity index (χ0) is 7.40. The first-order chi connectivity index (χ1) is 4.83. The van der Waals surface area contributed by atoms with Crippen LogP contribution < -0.4 is 5.32 Å². The van der Waals surface area contributed by atoms with E-state index in [1.54, 1.807) is 7.11 Å². The van der Waals surface area contributed by atoms with Crippen molar-refractivity contribution in [3.05, 3.63) is 23.8 Å². The van der Waals surface area contributed by atoms with E-state index < -0.39 is 0 Å². The fourth-order valence-electron chi connectivity index (χ4n) is 0.873. The lowest BCUT2D eigenvalue weighted by Crippen LogP contribution is -2.27. The molecular formula is C8H13NO. The van der Waals surface area contributed by atoms with Crippen LogP contribution in [0.5, 0.6) is 0 Å². The Balaban J connectivity index is 2.53. The van der Waals surface area contributed by atoms with E-state index in [9.17, 15) is 0 Å². The summed E-state index contributed by atoms with van der Waals surface area (Å²) in [6.45, 7) is 2.97. The van der Waals surface area contributed by atoms with Crippen LogP contribution in [0.4, 0.5) is 0 Å². The second-order valence-electron chi connectivity index (χ2n) is 2.37. The number of methoxy groups -OCH3 is 1. The van der Waals surface area contributed by atoms with Crippen LogP contribution >= 0.6 is 0 Å². The van der Waals surface area contributed by atoms with Gasteiger partial charge in [0.15, 0.2) is 0 Å². The molecule has 0 saturated heterocycles. The van der Waals surface area contributed by atoms with Gasteiger partial charge in [-0.15, -0.1) is 0 Å². The third-order valence-corrected chi connectivity index (χ3v) is 1.53. The van der Waals surface area contributed by atoms with E-state index in [0.717, 1.165) is 6.54 Å². The standard InChI is InChI=1S/C8H13NO/c1-7-3-4-8(10-2)9-6-5-7/h3-5,8-9H,6H2,1-2H3. The molecule has 0 radical (unpaired) electrons. The van der Waals surface area contributed by atoms with Crippen molar-refractivity contribution in [2.75, 3.05) is 13.7 Å². The molecule has 1 aliphatic heterocycles. The summed E-state index contributed by atoms with van der Waals surface area (Å²) in [5.74, 6) is 0. The molecule has 0 fully saturated rings. The molecule has 0 spiro atoms. The lowest BCUT2D eigenvalue weighted by Gasteiger charge is -2.08. The van der Waals surface area contributed by atoms with E-state index in [-0.39, 0.29) is 6.23 Å². The van der Waals surface area contributed by atoms with Gasteiger partial charge < -0.3 is 4.74 Å². The van der Waals surface area contributed by atoms with Crippen LogP contribution in [0, 0.1) is 0 Å². The topological polar surface area (TPSA) is 21.3 Å². The number of allylic oxidation sites excluding steroid dienone is 2. The molecule has 1 N–H and O–H groups in total. The van der Waals surface area contributed by atoms with Crippen molar-refractivity contribution in [2.24, 2.45) is 0 Å². The zero-order valence-electron chi connectivity index (χ0n) is 6.42. The van der Waals surface area contributed by atoms with Crippen LogP contribution in [0.2, 0.25) is 0 Å². The minimum Gasteiger partial charge on any atom is -0.363 e. The minimum atomic E-state index is 0.0775. The van der Waals surface area contributed by atoms with Crippen molar-refractivity contribution >= 4 is 0 Å². The predicted molar refractivity (Wildman–Crippen MR) is 41.7 cm³/mol. The average molecular weight is 139 g/mol. The zero-order valence-corrected chi connectivity index (χ0v) is 6.42. The van der Waals surface area contributed by atoms with Gasteiger partial charge in [-0.1, -0.05) is 17.7 Å². The van der Waals surface area contributed by atoms with Gasteiger partial charge in [0, 0.05) is 13.7 Å². The maximum Gasteiger partial charge on any atom is 0.127 e. The summed E-state index contributed by atoms with van der Waals surface area (Å²) >= 11 is 0. The largest absolute Gasteiger partial charge is 0.363 e. The number of ether oxygens (including phenoxy) is 1. The van der Waals surface area contributed by atoms with Gasteiger partial charge in [-0.3, -0.25) is 5.32 Å². The predicted octanol–water partition coefficient (Wildman–Crippen LogP) is 1.06. The van der Waals surface area contributed by atoms with Crippen molar-refractivity contribution in [3.8, 4) is 0 Å². The van der Waals surface area contributed by atoms with Crippen LogP contribution in [0.25, 0.3) is 0 Å². The molecule has 1 unspecified atom stereocenters. The molecule has 56 valence electrons. The summed E-state index contributed by atoms with van der Waals surface area (Å²) in [5, 5.41) is 3.18. The van der Waals surface area contributed by atoms with Gasteiger partial charge in [0.1, 0.15) is 6.23 Å². The molecule has 1 rings (SSSR count). The normalized spacial score (nSPS) is 25.8. The minimum absolute atomic E-state index is 0.0775. The molecule has 2 nitrogen and oxygen atoms in total. The third-order valence-electron chi connectivity index (χ3n) is 1.53. The first kappa shape index (κ1) is 7.51. The van der Waals surface area contributed by atoms with Gasteiger partial charge in [0.25, 0.3) is 0 Å². The van der Waals surface area contributed by atoms with Crippen LogP contribution in [0.1, 0.15) is 6.92 Å². The summed E-state index contributed by atoms with van der Waals surface area (Å²) in [5.41, 5.74) is 1.28. The van der Waals surface area contributed by atoms with E-state index in [1.165, 1.54) is 5.57 Å². The Kier molecular flexibility index (Phi) is 2.66. The van der Waals surface area contributed by atoms with Gasteiger partial charge in [0.05, 0.1) is 0 Å². The lowest BCUT2D eigenvalue weighted by atomic mass is 10.3. The van der Waals surface area contributed by atoms with Crippen molar-refractivity contribution in [3.63, 3.8) is 0 Å². The van der Waals surface area contributed by atoms with E-state index in [2.05, 4.69) is 24.4 Å². The maximum absolute atomic E-state index is 5.09. The smallest absolute Gasteiger partial charge is 0.127 e. The Morgan fingerprint density at radius 3 is 3.20 bits per heavy atom. The van der Waals surface area contributed by atoms with Gasteiger partial charge in [-0.25, -0.2) is 0 Å². The number of nitrogens with one attached hydrogen (secondary N) is 1. The Morgan fingerprint density at radius 2 is 2.50 bits per heavy atom. The fraction of sp³-hybridized carbons (Fsp3) is 0.500. The van der Waals surface area contributed by atoms with E-state index >= 15 is 0 Å². The van der Waals surface area contributed by atoms with Crippen LogP contribution in [0.3, 0.4) is 0 Å². The third kappa shape index (κ3) is 1.97. The fourth-order valence-corrected chi connectivity index (χ4v) is 0.873. The van der Waals surface area contributed by atoms with Gasteiger partial charge >= 0.3 is 0 Å². The molecule has 10 heavy (non-hydrogen) atoms. The second-order valence-corrected chi connectivity index (χ2v) is 2.37. The number of rotatable bonds is 1. The SMILES string of the molecule is COC1C=CC(C)=CCN1. The molecule has 2 heteroatoms. The average Bonchev–Trinajstić information content (AvgIpc) is 2.14. The molecule has 0 amide bonds. The molecule has 0 saturated carbocycles. The molecule has 0 aliphatic carbocycles. The van der Waals surface area contributed by atoms with Crippen LogP contribution in [-0.2, 0) is 4.74 Å². The summed E-state index contributed by atoms with van der Waals surface area (Å²) in [6, 6.07) is 0. The van der Waals surface area contributed by atoms with Crippen LogP contribution in [0.15, 0.2) is 23.8 Å². The maximum atomic E-state index is 5.09. The van der Waals surface area contributed by atoms with Crippen LogP contribution in [-0.4, -0.2) is 19.9 Å². The van der Waals surface area contributed by atoms with E-state index in [0.29, 0.717) is 0 Å². The summed E-state index contributed by atoms with van der Waals surface area (Å²) in [6.07, 6.45) is 6.29. The Hall–Kier alpha value is -0.600. The highest BCUT2D eigenvalue weighted by molar-refractivity contribution is 5.19. The van der Waals surface area contributed by atoms with E-state index in [4.69, 9.17) is 4.74 Å². The lowest BCUT2D eigenvalue weighted by molar-refractivity contribution is 0.116. The molecule has 0 bridgehead atoms. The number of hydrogen-bond donors (Lipinski definition) is 1. The quantitative estimate of drug-likeness (QED) is 0.586. The Morgan fingerprint density at radius 1 is 1.70 bits per heavy atom. The van der Waals surface area contributed by atoms with Crippen molar-refractivity contribution in [1.29, 1.82) is 0 Å². The summed E-state index contributed by atoms with van der Waals surface area (Å²) in [7, 11) is 1.70. The highest BCUT2D eigenvalue weighted by Crippen LogP contribution is 2.00. The molecule has 0 aromatic carbocycles.